The van der Waals surface area contributed by atoms with Crippen molar-refractivity contribution in [2.45, 2.75) is 39.3 Å². The number of aromatic amines is 1. The van der Waals surface area contributed by atoms with E-state index in [0.29, 0.717) is 12.1 Å². The Morgan fingerprint density at radius 1 is 1.03 bits per heavy atom. The third-order valence-electron chi connectivity index (χ3n) is 7.01. The molecule has 1 fully saturated rings. The van der Waals surface area contributed by atoms with Crippen LogP contribution in [0.5, 0.6) is 0 Å². The van der Waals surface area contributed by atoms with E-state index in [9.17, 15) is 8.78 Å². The van der Waals surface area contributed by atoms with Crippen molar-refractivity contribution in [2.75, 3.05) is 18.4 Å². The molecule has 176 valence electrons. The number of benzene rings is 3. The number of likely N-dealkylation sites (tertiary alicyclic amines) is 1. The standard InChI is InChI=1S/C28H30F2N4/c1-2-19-12-14-34(15-13-19)18-20-6-9-22(10-7-20)31-17-27-24-16-21(8-11-26(24)32-33-27)23-4-3-5-25(29)28(23)30/h3-11,16,19,31H,2,12-15,17-18H2,1H3,(H,32,33). The van der Waals surface area contributed by atoms with Crippen LogP contribution in [-0.4, -0.2) is 28.2 Å². The Morgan fingerprint density at radius 3 is 2.59 bits per heavy atom. The fourth-order valence-electron chi connectivity index (χ4n) is 4.82. The second-order valence-electron chi connectivity index (χ2n) is 9.21. The zero-order valence-corrected chi connectivity index (χ0v) is 19.5. The molecule has 34 heavy (non-hydrogen) atoms. The SMILES string of the molecule is CCC1CCN(Cc2ccc(NCc3[nH]nc4ccc(-c5cccc(F)c5F)cc34)cc2)CC1. The van der Waals surface area contributed by atoms with Crippen LogP contribution in [0.25, 0.3) is 22.0 Å². The zero-order chi connectivity index (χ0) is 23.5. The van der Waals surface area contributed by atoms with Crippen molar-refractivity contribution in [3.05, 3.63) is 83.6 Å². The Kier molecular flexibility index (Phi) is 6.59. The lowest BCUT2D eigenvalue weighted by molar-refractivity contribution is 0.175. The number of aromatic nitrogens is 2. The van der Waals surface area contributed by atoms with Crippen molar-refractivity contribution in [3.63, 3.8) is 0 Å². The second kappa shape index (κ2) is 9.94. The van der Waals surface area contributed by atoms with E-state index in [2.05, 4.69) is 51.6 Å². The highest BCUT2D eigenvalue weighted by molar-refractivity contribution is 5.87. The molecule has 0 unspecified atom stereocenters. The molecule has 1 aliphatic heterocycles. The Balaban J connectivity index is 1.25. The maximum Gasteiger partial charge on any atom is 0.166 e. The largest absolute Gasteiger partial charge is 0.379 e. The molecule has 6 heteroatoms. The lowest BCUT2D eigenvalue weighted by atomic mass is 9.94. The predicted octanol–water partition coefficient (Wildman–Crippen LogP) is 6.74. The number of H-pyrrole nitrogens is 1. The van der Waals surface area contributed by atoms with Gasteiger partial charge in [0.1, 0.15) is 0 Å². The quantitative estimate of drug-likeness (QED) is 0.321. The van der Waals surface area contributed by atoms with E-state index in [1.807, 2.05) is 12.1 Å². The molecule has 4 nitrogen and oxygen atoms in total. The number of anilines is 1. The van der Waals surface area contributed by atoms with Gasteiger partial charge in [-0.1, -0.05) is 43.7 Å². The van der Waals surface area contributed by atoms with E-state index in [0.717, 1.165) is 40.8 Å². The Morgan fingerprint density at radius 2 is 1.82 bits per heavy atom. The highest BCUT2D eigenvalue weighted by atomic mass is 19.2. The third-order valence-corrected chi connectivity index (χ3v) is 7.01. The predicted molar refractivity (Wildman–Crippen MR) is 134 cm³/mol. The highest BCUT2D eigenvalue weighted by Crippen LogP contribution is 2.29. The number of hydrogen-bond donors (Lipinski definition) is 2. The van der Waals surface area contributed by atoms with Gasteiger partial charge in [-0.05, 0) is 73.3 Å². The average molecular weight is 461 g/mol. The summed E-state index contributed by atoms with van der Waals surface area (Å²) in [5, 5.41) is 11.8. The minimum Gasteiger partial charge on any atom is -0.379 e. The van der Waals surface area contributed by atoms with E-state index in [1.54, 1.807) is 12.1 Å². The van der Waals surface area contributed by atoms with Crippen molar-refractivity contribution >= 4 is 16.6 Å². The topological polar surface area (TPSA) is 44.0 Å². The summed E-state index contributed by atoms with van der Waals surface area (Å²) in [6.45, 7) is 6.22. The van der Waals surface area contributed by atoms with Crippen molar-refractivity contribution in [1.29, 1.82) is 0 Å². The fourth-order valence-corrected chi connectivity index (χ4v) is 4.82. The summed E-state index contributed by atoms with van der Waals surface area (Å²) >= 11 is 0. The summed E-state index contributed by atoms with van der Waals surface area (Å²) < 4.78 is 28.0. The molecule has 0 amide bonds. The second-order valence-corrected chi connectivity index (χ2v) is 9.21. The van der Waals surface area contributed by atoms with E-state index in [1.165, 1.54) is 44.0 Å². The van der Waals surface area contributed by atoms with Gasteiger partial charge in [0.05, 0.1) is 17.8 Å². The first kappa shape index (κ1) is 22.5. The van der Waals surface area contributed by atoms with Crippen LogP contribution in [0.15, 0.2) is 60.7 Å². The van der Waals surface area contributed by atoms with Gasteiger partial charge in [-0.2, -0.15) is 5.10 Å². The smallest absolute Gasteiger partial charge is 0.166 e. The molecule has 2 N–H and O–H groups in total. The van der Waals surface area contributed by atoms with Gasteiger partial charge in [0.2, 0.25) is 0 Å². The van der Waals surface area contributed by atoms with Crippen molar-refractivity contribution in [1.82, 2.24) is 15.1 Å². The normalized spacial score (nSPS) is 15.1. The van der Waals surface area contributed by atoms with Crippen LogP contribution in [-0.2, 0) is 13.1 Å². The Hall–Kier alpha value is -3.25. The molecule has 3 aromatic carbocycles. The highest BCUT2D eigenvalue weighted by Gasteiger charge is 2.17. The summed E-state index contributed by atoms with van der Waals surface area (Å²) in [7, 11) is 0. The summed E-state index contributed by atoms with van der Waals surface area (Å²) in [6, 6.07) is 18.3. The Bertz CT molecular complexity index is 1260. The first-order valence-electron chi connectivity index (χ1n) is 12.1. The molecule has 4 aromatic rings. The van der Waals surface area contributed by atoms with Gasteiger partial charge < -0.3 is 5.32 Å². The minimum absolute atomic E-state index is 0.247. The molecule has 1 aliphatic rings. The summed E-state index contributed by atoms with van der Waals surface area (Å²) in [5.41, 5.74) is 4.92. The number of rotatable bonds is 7. The van der Waals surface area contributed by atoms with Crippen LogP contribution in [0, 0.1) is 17.6 Å². The van der Waals surface area contributed by atoms with Gasteiger partial charge in [-0.15, -0.1) is 0 Å². The summed E-state index contributed by atoms with van der Waals surface area (Å²) in [4.78, 5) is 2.55. The molecule has 0 saturated carbocycles. The van der Waals surface area contributed by atoms with Crippen molar-refractivity contribution in [3.8, 4) is 11.1 Å². The summed E-state index contributed by atoms with van der Waals surface area (Å²) in [6.07, 6.45) is 3.91. The van der Waals surface area contributed by atoms with Crippen LogP contribution in [0.2, 0.25) is 0 Å². The maximum atomic E-state index is 14.3. The lowest BCUT2D eigenvalue weighted by Gasteiger charge is -2.31. The molecule has 0 aliphatic carbocycles. The molecule has 1 saturated heterocycles. The van der Waals surface area contributed by atoms with Crippen LogP contribution in [0.1, 0.15) is 37.4 Å². The van der Waals surface area contributed by atoms with Crippen LogP contribution in [0.3, 0.4) is 0 Å². The summed E-state index contributed by atoms with van der Waals surface area (Å²) in [5.74, 6) is -0.786. The number of hydrogen-bond acceptors (Lipinski definition) is 3. The number of piperidine rings is 1. The van der Waals surface area contributed by atoms with Gasteiger partial charge in [0.25, 0.3) is 0 Å². The number of nitrogens with one attached hydrogen (secondary N) is 2. The molecule has 1 aromatic heterocycles. The van der Waals surface area contributed by atoms with Gasteiger partial charge >= 0.3 is 0 Å². The minimum atomic E-state index is -0.847. The van der Waals surface area contributed by atoms with Crippen LogP contribution in [0.4, 0.5) is 14.5 Å². The zero-order valence-electron chi connectivity index (χ0n) is 19.5. The van der Waals surface area contributed by atoms with Crippen molar-refractivity contribution < 1.29 is 8.78 Å². The first-order valence-corrected chi connectivity index (χ1v) is 12.1. The molecule has 0 radical (unpaired) electrons. The number of fused-ring (bicyclic) bond motifs is 1. The maximum absolute atomic E-state index is 14.3. The average Bonchev–Trinajstić information content (AvgIpc) is 3.28. The van der Waals surface area contributed by atoms with Gasteiger partial charge in [0, 0.05) is 23.2 Å². The van der Waals surface area contributed by atoms with Gasteiger partial charge in [-0.3, -0.25) is 10.00 Å². The molecule has 0 bridgehead atoms. The molecule has 0 spiro atoms. The Labute approximate surface area is 199 Å². The van der Waals surface area contributed by atoms with Gasteiger partial charge in [-0.25, -0.2) is 8.78 Å². The fraction of sp³-hybridized carbons (Fsp3) is 0.321. The third kappa shape index (κ3) is 4.82. The van der Waals surface area contributed by atoms with Crippen LogP contribution < -0.4 is 5.32 Å². The molecule has 2 heterocycles. The van der Waals surface area contributed by atoms with Crippen molar-refractivity contribution in [2.24, 2.45) is 5.92 Å². The monoisotopic (exact) mass is 460 g/mol. The molecule has 5 rings (SSSR count). The van der Waals surface area contributed by atoms with E-state index in [4.69, 9.17) is 0 Å². The van der Waals surface area contributed by atoms with Crippen LogP contribution >= 0.6 is 0 Å². The molecular weight excluding hydrogens is 430 g/mol. The molecular formula is C28H30F2N4. The van der Waals surface area contributed by atoms with E-state index in [-0.39, 0.29) is 5.56 Å². The number of nitrogens with zero attached hydrogens (tertiary/aromatic N) is 2. The number of halogens is 2. The van der Waals surface area contributed by atoms with E-state index >= 15 is 0 Å². The van der Waals surface area contributed by atoms with E-state index < -0.39 is 11.6 Å². The molecule has 0 atom stereocenters. The lowest BCUT2D eigenvalue weighted by Crippen LogP contribution is -2.32. The first-order chi connectivity index (χ1) is 16.6. The van der Waals surface area contributed by atoms with Gasteiger partial charge in [0.15, 0.2) is 11.6 Å².